The van der Waals surface area contributed by atoms with Crippen LogP contribution in [0.4, 0.5) is 0 Å². The van der Waals surface area contributed by atoms with Crippen LogP contribution in [0.5, 0.6) is 0 Å². The molecule has 1 aromatic carbocycles. The highest BCUT2D eigenvalue weighted by Crippen LogP contribution is 2.39. The minimum Gasteiger partial charge on any atom is -0.152 e. The molecule has 0 N–H and O–H groups in total. The second-order valence-corrected chi connectivity index (χ2v) is 6.97. The highest BCUT2D eigenvalue weighted by Gasteiger charge is 2.16. The van der Waals surface area contributed by atoms with Gasteiger partial charge in [-0.15, -0.1) is 0 Å². The summed E-state index contributed by atoms with van der Waals surface area (Å²) in [4.78, 5) is 0.241. The van der Waals surface area contributed by atoms with Crippen LogP contribution in [0.1, 0.15) is 21.5 Å². The smallest absolute Gasteiger partial charge is 0.0666 e. The fourth-order valence-electron chi connectivity index (χ4n) is 1.51. The molecule has 0 saturated heterocycles. The molecule has 0 radical (unpaired) electrons. The first kappa shape index (κ1) is 12.8. The monoisotopic (exact) mass is 422 g/mol. The van der Waals surface area contributed by atoms with E-state index in [0.29, 0.717) is 0 Å². The minimum atomic E-state index is 0.241. The first-order valence-corrected chi connectivity index (χ1v) is 8.15. The third kappa shape index (κ3) is 2.61. The fourth-order valence-corrected chi connectivity index (χ4v) is 4.59. The van der Waals surface area contributed by atoms with Gasteiger partial charge in [0.25, 0.3) is 0 Å². The van der Waals surface area contributed by atoms with E-state index in [0.717, 1.165) is 8.95 Å². The third-order valence-corrected chi connectivity index (χ3v) is 5.48. The van der Waals surface area contributed by atoms with Gasteiger partial charge in [0.2, 0.25) is 0 Å². The lowest BCUT2D eigenvalue weighted by Crippen LogP contribution is -1.94. The van der Waals surface area contributed by atoms with Gasteiger partial charge in [-0.3, -0.25) is 0 Å². The molecule has 2 aromatic rings. The Labute approximate surface area is 124 Å². The Morgan fingerprint density at radius 3 is 2.50 bits per heavy atom. The van der Waals surface area contributed by atoms with E-state index in [9.17, 15) is 0 Å². The van der Waals surface area contributed by atoms with Crippen LogP contribution in [-0.2, 0) is 0 Å². The summed E-state index contributed by atoms with van der Waals surface area (Å²) >= 11 is 12.6. The number of alkyl halides is 1. The fraction of sp³-hybridized carbons (Fsp3) is 0.167. The number of rotatable bonds is 2. The predicted octanol–water partition coefficient (Wildman–Crippen LogP) is 6.07. The van der Waals surface area contributed by atoms with Crippen LogP contribution in [-0.4, -0.2) is 0 Å². The van der Waals surface area contributed by atoms with Crippen LogP contribution in [0, 0.1) is 6.92 Å². The summed E-state index contributed by atoms with van der Waals surface area (Å²) < 4.78 is 2.23. The number of benzene rings is 1. The van der Waals surface area contributed by atoms with Crippen molar-refractivity contribution in [3.63, 3.8) is 0 Å². The van der Waals surface area contributed by atoms with Crippen molar-refractivity contribution >= 4 is 59.1 Å². The molecule has 0 aliphatic heterocycles. The number of hydrogen-bond acceptors (Lipinski definition) is 1. The molecule has 0 fully saturated rings. The molecule has 2 rings (SSSR count). The van der Waals surface area contributed by atoms with E-state index in [4.69, 9.17) is 0 Å². The van der Waals surface area contributed by atoms with Crippen LogP contribution in [0.3, 0.4) is 0 Å². The maximum absolute atomic E-state index is 3.76. The molecule has 1 atom stereocenters. The van der Waals surface area contributed by atoms with Gasteiger partial charge in [0.15, 0.2) is 0 Å². The highest BCUT2D eigenvalue weighted by atomic mass is 79.9. The maximum atomic E-state index is 3.76. The number of thiophene rings is 1. The molecule has 0 amide bonds. The first-order chi connectivity index (χ1) is 7.59. The lowest BCUT2D eigenvalue weighted by molar-refractivity contribution is 1.15. The highest BCUT2D eigenvalue weighted by molar-refractivity contribution is 9.11. The van der Waals surface area contributed by atoms with Crippen LogP contribution in [0.25, 0.3) is 0 Å². The molecule has 0 aliphatic carbocycles. The van der Waals surface area contributed by atoms with Crippen LogP contribution >= 0.6 is 59.1 Å². The summed E-state index contributed by atoms with van der Waals surface area (Å²) in [5.41, 5.74) is 3.92. The van der Waals surface area contributed by atoms with Crippen LogP contribution < -0.4 is 0 Å². The van der Waals surface area contributed by atoms with Crippen molar-refractivity contribution in [3.8, 4) is 0 Å². The standard InChI is InChI=1S/C12H9Br3S/c1-7-5-16-6-10(7)12(15)9-4-8(13)2-3-11(9)14/h2-6,12H,1H3. The molecule has 4 heteroatoms. The summed E-state index contributed by atoms with van der Waals surface area (Å²) in [7, 11) is 0. The molecular weight excluding hydrogens is 416 g/mol. The summed E-state index contributed by atoms with van der Waals surface area (Å²) in [5, 5.41) is 4.37. The second-order valence-electron chi connectivity index (χ2n) is 3.54. The van der Waals surface area contributed by atoms with Crippen molar-refractivity contribution in [2.75, 3.05) is 0 Å². The van der Waals surface area contributed by atoms with Gasteiger partial charge in [0.1, 0.15) is 0 Å². The Bertz CT molecular complexity index is 505. The quantitative estimate of drug-likeness (QED) is 0.513. The molecule has 1 heterocycles. The van der Waals surface area contributed by atoms with E-state index in [1.807, 2.05) is 6.07 Å². The Kier molecular flexibility index (Phi) is 4.27. The van der Waals surface area contributed by atoms with Gasteiger partial charge in [-0.05, 0) is 52.6 Å². The van der Waals surface area contributed by atoms with Crippen molar-refractivity contribution in [2.24, 2.45) is 0 Å². The zero-order chi connectivity index (χ0) is 11.7. The van der Waals surface area contributed by atoms with Gasteiger partial charge < -0.3 is 0 Å². The van der Waals surface area contributed by atoms with E-state index in [1.54, 1.807) is 11.3 Å². The molecule has 0 aliphatic rings. The van der Waals surface area contributed by atoms with Crippen LogP contribution in [0.2, 0.25) is 0 Å². The second kappa shape index (κ2) is 5.34. The van der Waals surface area contributed by atoms with E-state index < -0.39 is 0 Å². The molecule has 0 bridgehead atoms. The van der Waals surface area contributed by atoms with Gasteiger partial charge in [0.05, 0.1) is 4.83 Å². The largest absolute Gasteiger partial charge is 0.152 e. The molecule has 1 unspecified atom stereocenters. The summed E-state index contributed by atoms with van der Waals surface area (Å²) in [6.45, 7) is 2.14. The lowest BCUT2D eigenvalue weighted by atomic mass is 10.1. The number of aryl methyl sites for hydroxylation is 1. The van der Waals surface area contributed by atoms with E-state index >= 15 is 0 Å². The van der Waals surface area contributed by atoms with Gasteiger partial charge in [0, 0.05) is 8.95 Å². The van der Waals surface area contributed by atoms with E-state index in [1.165, 1.54) is 16.7 Å². The Balaban J connectivity index is 2.45. The third-order valence-electron chi connectivity index (χ3n) is 2.40. The number of hydrogen-bond donors (Lipinski definition) is 0. The summed E-state index contributed by atoms with van der Waals surface area (Å²) in [6.07, 6.45) is 0. The Hall–Kier alpha value is 0.360. The van der Waals surface area contributed by atoms with Crippen molar-refractivity contribution in [1.29, 1.82) is 0 Å². The lowest BCUT2D eigenvalue weighted by Gasteiger charge is -2.12. The van der Waals surface area contributed by atoms with E-state index in [-0.39, 0.29) is 4.83 Å². The Morgan fingerprint density at radius 1 is 1.12 bits per heavy atom. The van der Waals surface area contributed by atoms with Crippen molar-refractivity contribution in [1.82, 2.24) is 0 Å². The Morgan fingerprint density at radius 2 is 1.88 bits per heavy atom. The summed E-state index contributed by atoms with van der Waals surface area (Å²) in [5.74, 6) is 0. The zero-order valence-corrected chi connectivity index (χ0v) is 14.1. The SMILES string of the molecule is Cc1cscc1C(Br)c1cc(Br)ccc1Br. The van der Waals surface area contributed by atoms with Gasteiger partial charge in [-0.2, -0.15) is 11.3 Å². The molecule has 1 aromatic heterocycles. The van der Waals surface area contributed by atoms with Crippen molar-refractivity contribution in [2.45, 2.75) is 11.8 Å². The zero-order valence-electron chi connectivity index (χ0n) is 8.51. The van der Waals surface area contributed by atoms with Gasteiger partial charge >= 0.3 is 0 Å². The molecule has 84 valence electrons. The first-order valence-electron chi connectivity index (χ1n) is 4.71. The molecule has 16 heavy (non-hydrogen) atoms. The average molecular weight is 425 g/mol. The summed E-state index contributed by atoms with van der Waals surface area (Å²) in [6, 6.07) is 6.24. The van der Waals surface area contributed by atoms with Gasteiger partial charge in [-0.1, -0.05) is 47.8 Å². The van der Waals surface area contributed by atoms with Crippen molar-refractivity contribution in [3.05, 3.63) is 54.6 Å². The molecule has 0 spiro atoms. The van der Waals surface area contributed by atoms with Gasteiger partial charge in [-0.25, -0.2) is 0 Å². The molecule has 0 nitrogen and oxygen atoms in total. The topological polar surface area (TPSA) is 0 Å². The molecular formula is C12H9Br3S. The van der Waals surface area contributed by atoms with Crippen LogP contribution in [0.15, 0.2) is 37.9 Å². The average Bonchev–Trinajstić information content (AvgIpc) is 2.67. The minimum absolute atomic E-state index is 0.241. The normalized spacial score (nSPS) is 12.8. The van der Waals surface area contributed by atoms with Crippen molar-refractivity contribution < 1.29 is 0 Å². The number of halogens is 3. The molecule has 0 saturated carbocycles. The maximum Gasteiger partial charge on any atom is 0.0666 e. The van der Waals surface area contributed by atoms with E-state index in [2.05, 4.69) is 77.6 Å². The predicted molar refractivity (Wildman–Crippen MR) is 81.7 cm³/mol.